The van der Waals surface area contributed by atoms with E-state index in [0.29, 0.717) is 12.3 Å². The molecule has 1 N–H and O–H groups in total. The molecule has 0 atom stereocenters. The van der Waals surface area contributed by atoms with E-state index in [1.807, 2.05) is 12.1 Å². The Kier molecular flexibility index (Phi) is 6.22. The van der Waals surface area contributed by atoms with E-state index >= 15 is 0 Å². The van der Waals surface area contributed by atoms with E-state index in [9.17, 15) is 4.79 Å². The van der Waals surface area contributed by atoms with Gasteiger partial charge >= 0.3 is 0 Å². The van der Waals surface area contributed by atoms with E-state index in [-0.39, 0.29) is 5.91 Å². The van der Waals surface area contributed by atoms with Crippen molar-refractivity contribution in [1.82, 2.24) is 10.3 Å². The number of fused-ring (bicyclic) bond motifs is 1. The van der Waals surface area contributed by atoms with Crippen molar-refractivity contribution < 1.29 is 4.79 Å². The number of aromatic nitrogens is 1. The normalized spacial score (nSPS) is 15.1. The number of hydrogen-bond acceptors (Lipinski definition) is 4. The minimum Gasteiger partial charge on any atom is -0.356 e. The molecule has 4 nitrogen and oxygen atoms in total. The lowest BCUT2D eigenvalue weighted by molar-refractivity contribution is -0.121. The number of hydrogen-bond donors (Lipinski definition) is 1. The van der Waals surface area contributed by atoms with Gasteiger partial charge in [0.2, 0.25) is 5.91 Å². The highest BCUT2D eigenvalue weighted by Crippen LogP contribution is 2.31. The molecule has 0 bridgehead atoms. The van der Waals surface area contributed by atoms with Gasteiger partial charge in [0.15, 0.2) is 5.13 Å². The average Bonchev–Trinajstić information content (AvgIpc) is 3.18. The number of carbonyl (C=O) groups excluding carboxylic acids is 1. The van der Waals surface area contributed by atoms with Gasteiger partial charge in [0.05, 0.1) is 10.2 Å². The fourth-order valence-corrected chi connectivity index (χ4v) is 4.79. The van der Waals surface area contributed by atoms with Crippen molar-refractivity contribution in [2.45, 2.75) is 32.1 Å². The predicted octanol–water partition coefficient (Wildman–Crippen LogP) is 4.65. The molecule has 2 heterocycles. The third kappa shape index (κ3) is 4.90. The number of nitrogens with one attached hydrogen (secondary N) is 1. The van der Waals surface area contributed by atoms with Crippen LogP contribution in [-0.2, 0) is 11.2 Å². The van der Waals surface area contributed by atoms with Gasteiger partial charge in [-0.2, -0.15) is 0 Å². The Morgan fingerprint density at radius 2 is 1.82 bits per heavy atom. The number of carbonyl (C=O) groups is 1. The second-order valence-corrected chi connectivity index (χ2v) is 8.55. The van der Waals surface area contributed by atoms with Gasteiger partial charge in [-0.1, -0.05) is 53.8 Å². The molecular weight excluding hydrogens is 366 g/mol. The number of anilines is 1. The number of para-hydroxylation sites is 1. The van der Waals surface area contributed by atoms with Gasteiger partial charge in [0.25, 0.3) is 0 Å². The van der Waals surface area contributed by atoms with Crippen molar-refractivity contribution in [3.8, 4) is 0 Å². The largest absolute Gasteiger partial charge is 0.356 e. The van der Waals surface area contributed by atoms with Crippen LogP contribution >= 0.6 is 11.3 Å². The minimum atomic E-state index is 0.185. The van der Waals surface area contributed by atoms with Gasteiger partial charge in [0, 0.05) is 26.1 Å². The summed E-state index contributed by atoms with van der Waals surface area (Å²) in [5, 5.41) is 4.27. The monoisotopic (exact) mass is 393 g/mol. The Bertz CT molecular complexity index is 867. The van der Waals surface area contributed by atoms with E-state index in [0.717, 1.165) is 56.0 Å². The number of rotatable bonds is 7. The number of nitrogens with zero attached hydrogens (tertiary/aromatic N) is 2. The second-order valence-electron chi connectivity index (χ2n) is 7.54. The molecule has 1 aromatic heterocycles. The van der Waals surface area contributed by atoms with Crippen molar-refractivity contribution in [3.63, 3.8) is 0 Å². The van der Waals surface area contributed by atoms with Crippen LogP contribution < -0.4 is 10.2 Å². The topological polar surface area (TPSA) is 45.2 Å². The van der Waals surface area contributed by atoms with E-state index in [2.05, 4.69) is 52.7 Å². The van der Waals surface area contributed by atoms with Crippen LogP contribution in [0.15, 0.2) is 54.6 Å². The molecule has 0 radical (unpaired) electrons. The highest BCUT2D eigenvalue weighted by Gasteiger charge is 2.22. The molecule has 1 amide bonds. The molecule has 5 heteroatoms. The lowest BCUT2D eigenvalue weighted by atomic mass is 9.97. The first kappa shape index (κ1) is 18.9. The Labute approximate surface area is 170 Å². The molecule has 0 saturated carbocycles. The molecule has 1 aliphatic heterocycles. The summed E-state index contributed by atoms with van der Waals surface area (Å²) < 4.78 is 1.25. The van der Waals surface area contributed by atoms with Gasteiger partial charge in [-0.3, -0.25) is 4.79 Å². The van der Waals surface area contributed by atoms with Crippen LogP contribution in [0.2, 0.25) is 0 Å². The zero-order chi connectivity index (χ0) is 19.2. The first-order chi connectivity index (χ1) is 13.8. The zero-order valence-electron chi connectivity index (χ0n) is 16.1. The number of piperidine rings is 1. The lowest BCUT2D eigenvalue weighted by Gasteiger charge is -2.31. The standard InChI is InChI=1S/C23H27N3OS/c27-22(12-6-9-18-7-2-1-3-8-18)24-17-19-13-15-26(16-14-19)23-25-20-10-4-5-11-21(20)28-23/h1-5,7-8,10-11,19H,6,9,12-17H2,(H,24,27). The third-order valence-corrected chi connectivity index (χ3v) is 6.56. The third-order valence-electron chi connectivity index (χ3n) is 5.47. The quantitative estimate of drug-likeness (QED) is 0.635. The molecule has 4 rings (SSSR count). The summed E-state index contributed by atoms with van der Waals surface area (Å²) in [4.78, 5) is 19.3. The van der Waals surface area contributed by atoms with Crippen molar-refractivity contribution in [1.29, 1.82) is 0 Å². The fraction of sp³-hybridized carbons (Fsp3) is 0.391. The first-order valence-corrected chi connectivity index (χ1v) is 11.0. The maximum atomic E-state index is 12.1. The Hall–Kier alpha value is -2.40. The zero-order valence-corrected chi connectivity index (χ0v) is 17.0. The summed E-state index contributed by atoms with van der Waals surface area (Å²) in [5.74, 6) is 0.758. The number of thiazole rings is 1. The van der Waals surface area contributed by atoms with Crippen molar-refractivity contribution >= 4 is 32.6 Å². The molecule has 1 aliphatic rings. The molecule has 0 aliphatic carbocycles. The van der Waals surface area contributed by atoms with Crippen LogP contribution in [0.5, 0.6) is 0 Å². The summed E-state index contributed by atoms with van der Waals surface area (Å²) >= 11 is 1.78. The summed E-state index contributed by atoms with van der Waals surface area (Å²) in [6, 6.07) is 18.7. The Morgan fingerprint density at radius 3 is 2.61 bits per heavy atom. The van der Waals surface area contributed by atoms with E-state index in [1.54, 1.807) is 11.3 Å². The molecule has 28 heavy (non-hydrogen) atoms. The molecule has 146 valence electrons. The Morgan fingerprint density at radius 1 is 1.07 bits per heavy atom. The van der Waals surface area contributed by atoms with E-state index in [4.69, 9.17) is 4.98 Å². The Balaban J connectivity index is 1.16. The van der Waals surface area contributed by atoms with Crippen molar-refractivity contribution in [2.24, 2.45) is 5.92 Å². The van der Waals surface area contributed by atoms with Gasteiger partial charge < -0.3 is 10.2 Å². The highest BCUT2D eigenvalue weighted by atomic mass is 32.1. The first-order valence-electron chi connectivity index (χ1n) is 10.2. The summed E-state index contributed by atoms with van der Waals surface area (Å²) in [7, 11) is 0. The summed E-state index contributed by atoms with van der Waals surface area (Å²) in [6.07, 6.45) is 4.71. The SMILES string of the molecule is O=C(CCCc1ccccc1)NCC1CCN(c2nc3ccccc3s2)CC1. The lowest BCUT2D eigenvalue weighted by Crippen LogP contribution is -2.38. The van der Waals surface area contributed by atoms with Gasteiger partial charge in [-0.05, 0) is 49.3 Å². The predicted molar refractivity (Wildman–Crippen MR) is 117 cm³/mol. The van der Waals surface area contributed by atoms with E-state index in [1.165, 1.54) is 10.3 Å². The van der Waals surface area contributed by atoms with Gasteiger partial charge in [0.1, 0.15) is 0 Å². The van der Waals surface area contributed by atoms with Gasteiger partial charge in [-0.25, -0.2) is 4.98 Å². The number of amides is 1. The maximum Gasteiger partial charge on any atom is 0.220 e. The number of benzene rings is 2. The van der Waals surface area contributed by atoms with Crippen LogP contribution in [0.25, 0.3) is 10.2 Å². The highest BCUT2D eigenvalue weighted by molar-refractivity contribution is 7.22. The van der Waals surface area contributed by atoms with E-state index < -0.39 is 0 Å². The smallest absolute Gasteiger partial charge is 0.220 e. The van der Waals surface area contributed by atoms with Crippen LogP contribution in [0.1, 0.15) is 31.2 Å². The molecule has 0 unspecified atom stereocenters. The van der Waals surface area contributed by atoms with Crippen molar-refractivity contribution in [3.05, 3.63) is 60.2 Å². The molecule has 0 spiro atoms. The number of aryl methyl sites for hydroxylation is 1. The second kappa shape index (κ2) is 9.20. The van der Waals surface area contributed by atoms with Crippen molar-refractivity contribution in [2.75, 3.05) is 24.5 Å². The van der Waals surface area contributed by atoms with Crippen LogP contribution in [0, 0.1) is 5.92 Å². The molecular formula is C23H27N3OS. The van der Waals surface area contributed by atoms with Gasteiger partial charge in [-0.15, -0.1) is 0 Å². The molecule has 1 saturated heterocycles. The molecule has 1 fully saturated rings. The summed E-state index contributed by atoms with van der Waals surface area (Å²) in [5.41, 5.74) is 2.39. The summed E-state index contributed by atoms with van der Waals surface area (Å²) in [6.45, 7) is 2.85. The molecule has 3 aromatic rings. The van der Waals surface area contributed by atoms with Crippen LogP contribution in [0.3, 0.4) is 0 Å². The van der Waals surface area contributed by atoms with Crippen LogP contribution in [0.4, 0.5) is 5.13 Å². The minimum absolute atomic E-state index is 0.185. The average molecular weight is 394 g/mol. The molecule has 2 aromatic carbocycles. The maximum absolute atomic E-state index is 12.1. The fourth-order valence-electron chi connectivity index (χ4n) is 3.77. The van der Waals surface area contributed by atoms with Crippen LogP contribution in [-0.4, -0.2) is 30.5 Å².